The average molecular weight is 240 g/mol. The molecule has 2 aromatic rings. The molecule has 0 saturated carbocycles. The van der Waals surface area contributed by atoms with Gasteiger partial charge in [0.15, 0.2) is 0 Å². The summed E-state index contributed by atoms with van der Waals surface area (Å²) in [6, 6.07) is 8.36. The molecule has 16 heavy (non-hydrogen) atoms. The highest BCUT2D eigenvalue weighted by molar-refractivity contribution is 6.31. The van der Waals surface area contributed by atoms with Crippen LogP contribution in [-0.2, 0) is 0 Å². The van der Waals surface area contributed by atoms with E-state index in [-0.39, 0.29) is 10.6 Å². The van der Waals surface area contributed by atoms with Gasteiger partial charge >= 0.3 is 0 Å². The Balaban J connectivity index is 2.64. The number of benzene rings is 2. The number of hydrogen-bond acceptors (Lipinski definition) is 1. The molecular weight excluding hydrogens is 232 g/mol. The summed E-state index contributed by atoms with van der Waals surface area (Å²) in [6.45, 7) is 0. The van der Waals surface area contributed by atoms with Crippen molar-refractivity contribution in [1.29, 1.82) is 0 Å². The molecule has 82 valence electrons. The van der Waals surface area contributed by atoms with Crippen molar-refractivity contribution in [2.45, 2.75) is 0 Å². The Kier molecular flexibility index (Phi) is 2.79. The Morgan fingerprint density at radius 3 is 2.50 bits per heavy atom. The second-order valence-corrected chi connectivity index (χ2v) is 3.78. The Labute approximate surface area is 96.5 Å². The molecule has 0 fully saturated rings. The van der Waals surface area contributed by atoms with Gasteiger partial charge in [-0.25, -0.2) is 8.78 Å². The molecule has 0 atom stereocenters. The predicted octanol–water partition coefficient (Wildman–Crippen LogP) is 3.87. The molecule has 2 rings (SSSR count). The minimum Gasteiger partial charge on any atom is -0.399 e. The highest BCUT2D eigenvalue weighted by atomic mass is 35.5. The Bertz CT molecular complexity index is 541. The third-order valence-electron chi connectivity index (χ3n) is 2.19. The minimum atomic E-state index is -0.596. The number of rotatable bonds is 1. The lowest BCUT2D eigenvalue weighted by Gasteiger charge is -2.06. The fourth-order valence-corrected chi connectivity index (χ4v) is 1.70. The van der Waals surface area contributed by atoms with Crippen molar-refractivity contribution in [2.24, 2.45) is 0 Å². The SMILES string of the molecule is Nc1cc(Cl)c(F)c(-c2cccc(F)c2)c1. The lowest BCUT2D eigenvalue weighted by atomic mass is 10.0. The molecule has 0 aliphatic carbocycles. The average Bonchev–Trinajstić information content (AvgIpc) is 2.23. The maximum atomic E-state index is 13.7. The summed E-state index contributed by atoms with van der Waals surface area (Å²) in [6.07, 6.45) is 0. The van der Waals surface area contributed by atoms with Gasteiger partial charge in [0.05, 0.1) is 5.02 Å². The fraction of sp³-hybridized carbons (Fsp3) is 0. The van der Waals surface area contributed by atoms with Crippen molar-refractivity contribution in [3.63, 3.8) is 0 Å². The van der Waals surface area contributed by atoms with Crippen LogP contribution < -0.4 is 5.73 Å². The normalized spacial score (nSPS) is 10.4. The summed E-state index contributed by atoms with van der Waals surface area (Å²) in [5.41, 5.74) is 6.51. The van der Waals surface area contributed by atoms with Crippen LogP contribution in [0.3, 0.4) is 0 Å². The molecule has 0 aliphatic heterocycles. The van der Waals surface area contributed by atoms with Gasteiger partial charge in [0, 0.05) is 11.3 Å². The molecule has 2 N–H and O–H groups in total. The molecule has 0 saturated heterocycles. The van der Waals surface area contributed by atoms with Crippen molar-refractivity contribution in [3.8, 4) is 11.1 Å². The van der Waals surface area contributed by atoms with Gasteiger partial charge in [-0.05, 0) is 29.8 Å². The first-order valence-corrected chi connectivity index (χ1v) is 4.96. The van der Waals surface area contributed by atoms with Crippen molar-refractivity contribution >= 4 is 17.3 Å². The lowest BCUT2D eigenvalue weighted by Crippen LogP contribution is -1.91. The van der Waals surface area contributed by atoms with Gasteiger partial charge in [0.25, 0.3) is 0 Å². The Morgan fingerprint density at radius 1 is 1.06 bits per heavy atom. The molecule has 4 heteroatoms. The van der Waals surface area contributed by atoms with Crippen molar-refractivity contribution in [1.82, 2.24) is 0 Å². The molecule has 0 aromatic heterocycles. The highest BCUT2D eigenvalue weighted by Gasteiger charge is 2.10. The van der Waals surface area contributed by atoms with Gasteiger partial charge in [0.1, 0.15) is 11.6 Å². The molecule has 1 nitrogen and oxygen atoms in total. The van der Waals surface area contributed by atoms with E-state index in [1.807, 2.05) is 0 Å². The minimum absolute atomic E-state index is 0.0701. The lowest BCUT2D eigenvalue weighted by molar-refractivity contribution is 0.625. The fourth-order valence-electron chi connectivity index (χ4n) is 1.48. The van der Waals surface area contributed by atoms with Crippen LogP contribution >= 0.6 is 11.6 Å². The first-order chi connectivity index (χ1) is 7.58. The standard InChI is InChI=1S/C12H8ClF2N/c13-11-6-9(16)5-10(12(11)15)7-2-1-3-8(14)4-7/h1-6H,16H2. The molecule has 0 amide bonds. The number of nitrogens with two attached hydrogens (primary N) is 1. The van der Waals surface area contributed by atoms with Gasteiger partial charge in [-0.2, -0.15) is 0 Å². The van der Waals surface area contributed by atoms with E-state index in [1.165, 1.54) is 30.3 Å². The van der Waals surface area contributed by atoms with Crippen LogP contribution in [0, 0.1) is 11.6 Å². The third-order valence-corrected chi connectivity index (χ3v) is 2.46. The number of nitrogen functional groups attached to an aromatic ring is 1. The maximum Gasteiger partial charge on any atom is 0.149 e. The molecule has 0 bridgehead atoms. The van der Waals surface area contributed by atoms with Crippen LogP contribution in [0.4, 0.5) is 14.5 Å². The molecule has 0 heterocycles. The second-order valence-electron chi connectivity index (χ2n) is 3.37. The first kappa shape index (κ1) is 10.9. The largest absolute Gasteiger partial charge is 0.399 e. The van der Waals surface area contributed by atoms with Crippen LogP contribution in [0.1, 0.15) is 0 Å². The first-order valence-electron chi connectivity index (χ1n) is 4.58. The molecule has 0 spiro atoms. The molecule has 2 aromatic carbocycles. The topological polar surface area (TPSA) is 26.0 Å². The zero-order valence-corrected chi connectivity index (χ0v) is 8.93. The zero-order chi connectivity index (χ0) is 11.7. The van der Waals surface area contributed by atoms with Gasteiger partial charge in [-0.15, -0.1) is 0 Å². The van der Waals surface area contributed by atoms with Gasteiger partial charge < -0.3 is 5.73 Å². The summed E-state index contributed by atoms with van der Waals surface area (Å²) in [4.78, 5) is 0. The van der Waals surface area contributed by atoms with E-state index in [4.69, 9.17) is 17.3 Å². The maximum absolute atomic E-state index is 13.7. The van der Waals surface area contributed by atoms with Gasteiger partial charge in [-0.3, -0.25) is 0 Å². The van der Waals surface area contributed by atoms with Crippen LogP contribution in [0.15, 0.2) is 36.4 Å². The Morgan fingerprint density at radius 2 is 1.81 bits per heavy atom. The van der Waals surface area contributed by atoms with E-state index in [1.54, 1.807) is 6.07 Å². The van der Waals surface area contributed by atoms with E-state index in [2.05, 4.69) is 0 Å². The predicted molar refractivity (Wildman–Crippen MR) is 61.2 cm³/mol. The van der Waals surface area contributed by atoms with Crippen LogP contribution in [0.25, 0.3) is 11.1 Å². The number of anilines is 1. The third kappa shape index (κ3) is 1.99. The van der Waals surface area contributed by atoms with Crippen molar-refractivity contribution in [2.75, 3.05) is 5.73 Å². The summed E-state index contributed by atoms with van der Waals surface area (Å²) in [7, 11) is 0. The Hall–Kier alpha value is -1.61. The second kappa shape index (κ2) is 4.10. The summed E-state index contributed by atoms with van der Waals surface area (Å²) in [5, 5.41) is -0.0701. The molecule has 0 unspecified atom stereocenters. The quantitative estimate of drug-likeness (QED) is 0.751. The molecule has 0 radical (unpaired) electrons. The van der Waals surface area contributed by atoms with E-state index in [9.17, 15) is 8.78 Å². The summed E-state index contributed by atoms with van der Waals surface area (Å²) < 4.78 is 26.7. The van der Waals surface area contributed by atoms with E-state index in [0.717, 1.165) is 0 Å². The van der Waals surface area contributed by atoms with Gasteiger partial charge in [-0.1, -0.05) is 23.7 Å². The van der Waals surface area contributed by atoms with E-state index in [0.29, 0.717) is 11.3 Å². The number of hydrogen-bond donors (Lipinski definition) is 1. The van der Waals surface area contributed by atoms with E-state index < -0.39 is 11.6 Å². The smallest absolute Gasteiger partial charge is 0.149 e. The van der Waals surface area contributed by atoms with E-state index >= 15 is 0 Å². The zero-order valence-electron chi connectivity index (χ0n) is 8.18. The van der Waals surface area contributed by atoms with Crippen LogP contribution in [0.2, 0.25) is 5.02 Å². The summed E-state index contributed by atoms with van der Waals surface area (Å²) >= 11 is 5.66. The summed E-state index contributed by atoms with van der Waals surface area (Å²) in [5.74, 6) is -1.03. The molecular formula is C12H8ClF2N. The van der Waals surface area contributed by atoms with Gasteiger partial charge in [0.2, 0.25) is 0 Å². The monoisotopic (exact) mass is 239 g/mol. The van der Waals surface area contributed by atoms with Crippen molar-refractivity contribution < 1.29 is 8.78 Å². The van der Waals surface area contributed by atoms with Crippen LogP contribution in [0.5, 0.6) is 0 Å². The molecule has 0 aliphatic rings. The van der Waals surface area contributed by atoms with Crippen LogP contribution in [-0.4, -0.2) is 0 Å². The number of halogens is 3. The van der Waals surface area contributed by atoms with Crippen molar-refractivity contribution in [3.05, 3.63) is 53.1 Å². The highest BCUT2D eigenvalue weighted by Crippen LogP contribution is 2.30.